The third-order valence-corrected chi connectivity index (χ3v) is 7.72. The summed E-state index contributed by atoms with van der Waals surface area (Å²) in [5.41, 5.74) is 2.22. The van der Waals surface area contributed by atoms with E-state index in [1.165, 1.54) is 11.0 Å². The molecule has 0 radical (unpaired) electrons. The van der Waals surface area contributed by atoms with Crippen LogP contribution >= 0.6 is 0 Å². The fourth-order valence-electron chi connectivity index (χ4n) is 4.41. The zero-order valence-corrected chi connectivity index (χ0v) is 19.9. The van der Waals surface area contributed by atoms with Crippen molar-refractivity contribution in [3.63, 3.8) is 0 Å². The van der Waals surface area contributed by atoms with Crippen LogP contribution < -0.4 is 10.0 Å². The number of hydrogen-bond acceptors (Lipinski definition) is 5. The summed E-state index contributed by atoms with van der Waals surface area (Å²) in [5, 5.41) is 2.68. The maximum atomic E-state index is 13.0. The average molecular weight is 482 g/mol. The van der Waals surface area contributed by atoms with E-state index in [1.54, 1.807) is 37.3 Å². The Labute approximate surface area is 199 Å². The van der Waals surface area contributed by atoms with Crippen molar-refractivity contribution >= 4 is 39.1 Å². The Morgan fingerprint density at radius 2 is 1.65 bits per heavy atom. The van der Waals surface area contributed by atoms with Gasteiger partial charge in [0.2, 0.25) is 17.7 Å². The van der Waals surface area contributed by atoms with Gasteiger partial charge in [-0.1, -0.05) is 30.4 Å². The molecular weight excluding hydrogens is 454 g/mol. The minimum Gasteiger partial charge on any atom is -0.326 e. The fraction of sp³-hybridized carbons (Fsp3) is 0.320. The lowest BCUT2D eigenvalue weighted by Crippen LogP contribution is -2.34. The first kappa shape index (κ1) is 23.7. The predicted octanol–water partition coefficient (Wildman–Crippen LogP) is 3.38. The molecule has 9 heteroatoms. The number of imide groups is 1. The molecule has 0 saturated carbocycles. The molecule has 0 aromatic heterocycles. The third-order valence-electron chi connectivity index (χ3n) is 6.19. The van der Waals surface area contributed by atoms with Gasteiger partial charge in [-0.25, -0.2) is 8.42 Å². The summed E-state index contributed by atoms with van der Waals surface area (Å²) in [6.07, 6.45) is 4.87. The molecule has 8 nitrogen and oxygen atoms in total. The molecule has 2 aromatic carbocycles. The van der Waals surface area contributed by atoms with Crippen LogP contribution in [0.2, 0.25) is 0 Å². The molecule has 4 rings (SSSR count). The van der Waals surface area contributed by atoms with E-state index in [0.29, 0.717) is 29.8 Å². The van der Waals surface area contributed by atoms with Gasteiger partial charge in [0.25, 0.3) is 10.0 Å². The normalized spacial score (nSPS) is 19.8. The number of nitrogens with one attached hydrogen (secondary N) is 2. The van der Waals surface area contributed by atoms with E-state index >= 15 is 0 Å². The van der Waals surface area contributed by atoms with Crippen LogP contribution in [0.3, 0.4) is 0 Å². The van der Waals surface area contributed by atoms with Crippen molar-refractivity contribution in [2.45, 2.75) is 38.0 Å². The van der Waals surface area contributed by atoms with Crippen molar-refractivity contribution in [3.8, 4) is 0 Å². The number of aryl methyl sites for hydroxylation is 2. The van der Waals surface area contributed by atoms with Crippen molar-refractivity contribution in [1.82, 2.24) is 4.90 Å². The largest absolute Gasteiger partial charge is 0.326 e. The summed E-state index contributed by atoms with van der Waals surface area (Å²) in [6, 6.07) is 11.7. The van der Waals surface area contributed by atoms with E-state index in [0.717, 1.165) is 5.56 Å². The lowest BCUT2D eigenvalue weighted by Gasteiger charge is -2.15. The second-order valence-corrected chi connectivity index (χ2v) is 10.4. The fourth-order valence-corrected chi connectivity index (χ4v) is 5.73. The van der Waals surface area contributed by atoms with Gasteiger partial charge in [-0.05, 0) is 62.1 Å². The number of fused-ring (bicyclic) bond motifs is 1. The number of nitrogens with zero attached hydrogens (tertiary/aromatic N) is 1. The standard InChI is InChI=1S/C25H27N3O5S/c1-16-6-5-7-19(14-16)27-34(32,33)22-15-18(11-10-17(22)2)26-23(29)12-13-28-24(30)20-8-3-4-9-21(20)25(28)31/h3-7,10-11,14-15,20-21,27H,8-9,12-13H2,1-2H3,(H,26,29). The molecule has 0 spiro atoms. The SMILES string of the molecule is Cc1cccc(NS(=O)(=O)c2cc(NC(=O)CCN3C(=O)C4CC=CCC4C3=O)ccc2C)c1. The average Bonchev–Trinajstić information content (AvgIpc) is 3.03. The first-order chi connectivity index (χ1) is 16.2. The summed E-state index contributed by atoms with van der Waals surface area (Å²) < 4.78 is 28.5. The number of benzene rings is 2. The topological polar surface area (TPSA) is 113 Å². The van der Waals surface area contributed by atoms with Gasteiger partial charge in [-0.3, -0.25) is 24.0 Å². The monoisotopic (exact) mass is 481 g/mol. The molecule has 2 N–H and O–H groups in total. The van der Waals surface area contributed by atoms with E-state index in [1.807, 2.05) is 25.1 Å². The molecular formula is C25H27N3O5S. The number of anilines is 2. The van der Waals surface area contributed by atoms with Crippen LogP contribution in [0.4, 0.5) is 11.4 Å². The van der Waals surface area contributed by atoms with Gasteiger partial charge in [0.05, 0.1) is 16.7 Å². The molecule has 34 heavy (non-hydrogen) atoms. The highest BCUT2D eigenvalue weighted by molar-refractivity contribution is 7.92. The van der Waals surface area contributed by atoms with Crippen LogP contribution in [0.5, 0.6) is 0 Å². The van der Waals surface area contributed by atoms with Gasteiger partial charge in [0.15, 0.2) is 0 Å². The van der Waals surface area contributed by atoms with Crippen LogP contribution in [0, 0.1) is 25.7 Å². The molecule has 2 aromatic rings. The van der Waals surface area contributed by atoms with Crippen LogP contribution in [-0.4, -0.2) is 37.6 Å². The van der Waals surface area contributed by atoms with E-state index in [2.05, 4.69) is 10.0 Å². The quantitative estimate of drug-likeness (QED) is 0.465. The molecule has 1 heterocycles. The van der Waals surface area contributed by atoms with Crippen molar-refractivity contribution in [3.05, 3.63) is 65.7 Å². The Bertz CT molecular complexity index is 1260. The first-order valence-electron chi connectivity index (χ1n) is 11.2. The number of amides is 3. The molecule has 1 saturated heterocycles. The van der Waals surface area contributed by atoms with Gasteiger partial charge in [0, 0.05) is 24.3 Å². The van der Waals surface area contributed by atoms with Crippen LogP contribution in [0.25, 0.3) is 0 Å². The van der Waals surface area contributed by atoms with E-state index in [4.69, 9.17) is 0 Å². The minimum atomic E-state index is -3.88. The molecule has 1 fully saturated rings. The summed E-state index contributed by atoms with van der Waals surface area (Å²) in [5.74, 6) is -1.51. The number of likely N-dealkylation sites (tertiary alicyclic amines) is 1. The molecule has 2 atom stereocenters. The number of hydrogen-bond donors (Lipinski definition) is 2. The highest BCUT2D eigenvalue weighted by Gasteiger charge is 2.46. The molecule has 178 valence electrons. The first-order valence-corrected chi connectivity index (χ1v) is 12.6. The lowest BCUT2D eigenvalue weighted by molar-refractivity contribution is -0.140. The van der Waals surface area contributed by atoms with Gasteiger partial charge < -0.3 is 5.32 Å². The van der Waals surface area contributed by atoms with Gasteiger partial charge in [-0.2, -0.15) is 0 Å². The summed E-state index contributed by atoms with van der Waals surface area (Å²) in [7, 11) is -3.88. The Hall–Kier alpha value is -3.46. The van der Waals surface area contributed by atoms with Crippen LogP contribution in [0.1, 0.15) is 30.4 Å². The number of carbonyl (C=O) groups is 3. The summed E-state index contributed by atoms with van der Waals surface area (Å²) in [4.78, 5) is 38.9. The van der Waals surface area contributed by atoms with E-state index < -0.39 is 15.9 Å². The molecule has 1 aliphatic heterocycles. The molecule has 0 bridgehead atoms. The van der Waals surface area contributed by atoms with Gasteiger partial charge in [-0.15, -0.1) is 0 Å². The second-order valence-electron chi connectivity index (χ2n) is 8.74. The van der Waals surface area contributed by atoms with Crippen molar-refractivity contribution in [2.24, 2.45) is 11.8 Å². The van der Waals surface area contributed by atoms with E-state index in [-0.39, 0.29) is 41.5 Å². The van der Waals surface area contributed by atoms with Crippen molar-refractivity contribution < 1.29 is 22.8 Å². The third kappa shape index (κ3) is 4.89. The number of allylic oxidation sites excluding steroid dienone is 2. The Morgan fingerprint density at radius 1 is 0.971 bits per heavy atom. The highest BCUT2D eigenvalue weighted by Crippen LogP contribution is 2.35. The second kappa shape index (κ2) is 9.42. The maximum Gasteiger partial charge on any atom is 0.262 e. The van der Waals surface area contributed by atoms with Crippen LogP contribution in [0.15, 0.2) is 59.5 Å². The number of sulfonamides is 1. The minimum absolute atomic E-state index is 0.00241. The predicted molar refractivity (Wildman–Crippen MR) is 128 cm³/mol. The number of carbonyl (C=O) groups excluding carboxylic acids is 3. The Balaban J connectivity index is 1.41. The van der Waals surface area contributed by atoms with Gasteiger partial charge in [0.1, 0.15) is 0 Å². The lowest BCUT2D eigenvalue weighted by atomic mass is 9.85. The smallest absolute Gasteiger partial charge is 0.262 e. The molecule has 2 aliphatic rings. The zero-order valence-electron chi connectivity index (χ0n) is 19.1. The van der Waals surface area contributed by atoms with Gasteiger partial charge >= 0.3 is 0 Å². The van der Waals surface area contributed by atoms with Crippen molar-refractivity contribution in [2.75, 3.05) is 16.6 Å². The summed E-state index contributed by atoms with van der Waals surface area (Å²) in [6.45, 7) is 3.55. The Kier molecular flexibility index (Phi) is 6.56. The zero-order chi connectivity index (χ0) is 24.5. The van der Waals surface area contributed by atoms with E-state index in [9.17, 15) is 22.8 Å². The van der Waals surface area contributed by atoms with Crippen LogP contribution in [-0.2, 0) is 24.4 Å². The Morgan fingerprint density at radius 3 is 2.29 bits per heavy atom. The molecule has 2 unspecified atom stereocenters. The van der Waals surface area contributed by atoms with Crippen molar-refractivity contribution in [1.29, 1.82) is 0 Å². The highest BCUT2D eigenvalue weighted by atomic mass is 32.2. The number of rotatable bonds is 7. The molecule has 3 amide bonds. The molecule has 1 aliphatic carbocycles. The summed E-state index contributed by atoms with van der Waals surface area (Å²) >= 11 is 0. The maximum absolute atomic E-state index is 13.0.